The van der Waals surface area contributed by atoms with Gasteiger partial charge in [-0.2, -0.15) is 18.3 Å². The highest BCUT2D eigenvalue weighted by atomic mass is 19.4. The van der Waals surface area contributed by atoms with E-state index in [0.29, 0.717) is 0 Å². The van der Waals surface area contributed by atoms with Gasteiger partial charge < -0.3 is 10.2 Å². The zero-order chi connectivity index (χ0) is 24.1. The number of aromatic nitrogens is 3. The number of hydrogen-bond donors (Lipinski definition) is 1. The highest BCUT2D eigenvalue weighted by molar-refractivity contribution is 6.15. The van der Waals surface area contributed by atoms with E-state index in [1.54, 1.807) is 6.92 Å². The van der Waals surface area contributed by atoms with Gasteiger partial charge in [0, 0.05) is 17.8 Å². The third-order valence-electron chi connectivity index (χ3n) is 5.58. The van der Waals surface area contributed by atoms with Crippen LogP contribution in [0.25, 0.3) is 0 Å². The number of nitrogens with zero attached hydrogens (tertiary/aromatic N) is 4. The number of amides is 2. The molecule has 1 N–H and O–H groups in total. The van der Waals surface area contributed by atoms with Gasteiger partial charge in [0.05, 0.1) is 41.4 Å². The normalized spacial score (nSPS) is 16.0. The Morgan fingerprint density at radius 2 is 1.91 bits per heavy atom. The average molecular weight is 461 g/mol. The molecular formula is C22H19F4N5O2. The molecule has 1 atom stereocenters. The van der Waals surface area contributed by atoms with Crippen molar-refractivity contribution in [2.75, 3.05) is 16.8 Å². The maximum Gasteiger partial charge on any atom is 0.416 e. The minimum Gasteiger partial charge on any atom is -0.320 e. The van der Waals surface area contributed by atoms with E-state index in [-0.39, 0.29) is 46.3 Å². The Morgan fingerprint density at radius 1 is 1.18 bits per heavy atom. The largest absolute Gasteiger partial charge is 0.416 e. The SMILES string of the molecule is Cc1cc(N2C[C@H](C)n3ncc(C(=O)Nc4cncc(F)c4C)c3C2=O)ccc1C(F)(F)F. The van der Waals surface area contributed by atoms with Crippen LogP contribution in [0.15, 0.2) is 36.8 Å². The average Bonchev–Trinajstić information content (AvgIpc) is 3.19. The summed E-state index contributed by atoms with van der Waals surface area (Å²) < 4.78 is 54.6. The molecule has 3 aromatic rings. The van der Waals surface area contributed by atoms with Gasteiger partial charge in [0.15, 0.2) is 0 Å². The van der Waals surface area contributed by atoms with Gasteiger partial charge in [0.2, 0.25) is 0 Å². The number of alkyl halides is 3. The molecule has 0 bridgehead atoms. The van der Waals surface area contributed by atoms with E-state index in [4.69, 9.17) is 0 Å². The molecule has 33 heavy (non-hydrogen) atoms. The molecule has 11 heteroatoms. The summed E-state index contributed by atoms with van der Waals surface area (Å²) in [5.41, 5.74) is -0.247. The lowest BCUT2D eigenvalue weighted by Gasteiger charge is -2.32. The highest BCUT2D eigenvalue weighted by Crippen LogP contribution is 2.35. The number of pyridine rings is 1. The summed E-state index contributed by atoms with van der Waals surface area (Å²) in [6.07, 6.45) is -0.964. The van der Waals surface area contributed by atoms with E-state index < -0.39 is 29.4 Å². The molecule has 0 spiro atoms. The molecule has 0 radical (unpaired) electrons. The summed E-state index contributed by atoms with van der Waals surface area (Å²) in [5.74, 6) is -1.86. The van der Waals surface area contributed by atoms with Crippen LogP contribution < -0.4 is 10.2 Å². The maximum atomic E-state index is 13.8. The molecule has 1 aliphatic rings. The Morgan fingerprint density at radius 3 is 2.58 bits per heavy atom. The van der Waals surface area contributed by atoms with E-state index in [1.165, 1.54) is 48.0 Å². The maximum absolute atomic E-state index is 13.8. The second-order valence-corrected chi connectivity index (χ2v) is 7.86. The number of benzene rings is 1. The number of fused-ring (bicyclic) bond motifs is 1. The molecule has 1 aromatic carbocycles. The van der Waals surface area contributed by atoms with Crippen molar-refractivity contribution >= 4 is 23.2 Å². The van der Waals surface area contributed by atoms with Crippen LogP contribution in [0.3, 0.4) is 0 Å². The number of aryl methyl sites for hydroxylation is 1. The molecule has 0 fully saturated rings. The Balaban J connectivity index is 1.68. The second kappa shape index (κ2) is 7.98. The summed E-state index contributed by atoms with van der Waals surface area (Å²) in [7, 11) is 0. The van der Waals surface area contributed by atoms with Gasteiger partial charge in [-0.3, -0.25) is 19.3 Å². The number of halogens is 4. The summed E-state index contributed by atoms with van der Waals surface area (Å²) in [6.45, 7) is 4.73. The lowest BCUT2D eigenvalue weighted by molar-refractivity contribution is -0.138. The van der Waals surface area contributed by atoms with Crippen LogP contribution >= 0.6 is 0 Å². The first-order valence-electron chi connectivity index (χ1n) is 9.97. The van der Waals surface area contributed by atoms with Gasteiger partial charge in [0.25, 0.3) is 11.8 Å². The molecule has 1 aliphatic heterocycles. The van der Waals surface area contributed by atoms with Crippen LogP contribution in [-0.2, 0) is 6.18 Å². The first-order chi connectivity index (χ1) is 15.5. The van der Waals surface area contributed by atoms with Gasteiger partial charge in [0.1, 0.15) is 11.5 Å². The fourth-order valence-corrected chi connectivity index (χ4v) is 3.80. The first-order valence-corrected chi connectivity index (χ1v) is 9.97. The van der Waals surface area contributed by atoms with Crippen LogP contribution in [-0.4, -0.2) is 33.1 Å². The third-order valence-corrected chi connectivity index (χ3v) is 5.58. The van der Waals surface area contributed by atoms with Crippen LogP contribution in [0.5, 0.6) is 0 Å². The molecular weight excluding hydrogens is 442 g/mol. The van der Waals surface area contributed by atoms with Gasteiger partial charge in [-0.05, 0) is 44.5 Å². The fraction of sp³-hybridized carbons (Fsp3) is 0.273. The fourth-order valence-electron chi connectivity index (χ4n) is 3.80. The van der Waals surface area contributed by atoms with E-state index >= 15 is 0 Å². The number of hydrogen-bond acceptors (Lipinski definition) is 4. The Labute approximate surface area is 186 Å². The standard InChI is InChI=1S/C22H19F4N5O2/c1-11-6-14(4-5-16(11)22(24,25)26)30-10-12(2)31-19(21(30)33)15(7-28-31)20(32)29-18-9-27-8-17(23)13(18)3/h4-9,12H,10H2,1-3H3,(H,29,32)/t12-/m0/s1. The van der Waals surface area contributed by atoms with Gasteiger partial charge >= 0.3 is 6.18 Å². The Hall–Kier alpha value is -3.76. The Bertz CT molecular complexity index is 1270. The van der Waals surface area contributed by atoms with Crippen LogP contribution in [0, 0.1) is 19.7 Å². The summed E-state index contributed by atoms with van der Waals surface area (Å²) >= 11 is 0. The Kier molecular flexibility index (Phi) is 5.43. The van der Waals surface area contributed by atoms with Crippen molar-refractivity contribution in [2.45, 2.75) is 33.0 Å². The molecule has 0 saturated carbocycles. The van der Waals surface area contributed by atoms with Gasteiger partial charge in [-0.1, -0.05) is 0 Å². The quantitative estimate of drug-likeness (QED) is 0.582. The van der Waals surface area contributed by atoms with Gasteiger partial charge in [-0.25, -0.2) is 4.39 Å². The van der Waals surface area contributed by atoms with E-state index in [1.807, 2.05) is 0 Å². The van der Waals surface area contributed by atoms with Crippen molar-refractivity contribution in [2.24, 2.45) is 0 Å². The number of anilines is 2. The highest BCUT2D eigenvalue weighted by Gasteiger charge is 2.37. The number of rotatable bonds is 3. The summed E-state index contributed by atoms with van der Waals surface area (Å²) in [6, 6.07) is 3.11. The van der Waals surface area contributed by atoms with Crippen molar-refractivity contribution in [3.63, 3.8) is 0 Å². The number of nitrogens with one attached hydrogen (secondary N) is 1. The predicted octanol–water partition coefficient (Wildman–Crippen LogP) is 4.53. The smallest absolute Gasteiger partial charge is 0.320 e. The number of carbonyl (C=O) groups is 2. The van der Waals surface area contributed by atoms with Gasteiger partial charge in [-0.15, -0.1) is 0 Å². The summed E-state index contributed by atoms with van der Waals surface area (Å²) in [5, 5.41) is 6.69. The van der Waals surface area contributed by atoms with Crippen molar-refractivity contribution in [1.82, 2.24) is 14.8 Å². The topological polar surface area (TPSA) is 80.1 Å². The lowest BCUT2D eigenvalue weighted by Crippen LogP contribution is -2.43. The van der Waals surface area contributed by atoms with Crippen molar-refractivity contribution in [3.8, 4) is 0 Å². The zero-order valence-corrected chi connectivity index (χ0v) is 17.9. The third kappa shape index (κ3) is 3.94. The second-order valence-electron chi connectivity index (χ2n) is 7.86. The first kappa shape index (κ1) is 22.4. The van der Waals surface area contributed by atoms with Crippen molar-refractivity contribution < 1.29 is 27.2 Å². The molecule has 172 valence electrons. The predicted molar refractivity (Wildman–Crippen MR) is 112 cm³/mol. The van der Waals surface area contributed by atoms with Crippen LogP contribution in [0.1, 0.15) is 50.5 Å². The lowest BCUT2D eigenvalue weighted by atomic mass is 10.0. The number of carbonyl (C=O) groups excluding carboxylic acids is 2. The van der Waals surface area contributed by atoms with Crippen LogP contribution in [0.2, 0.25) is 0 Å². The van der Waals surface area contributed by atoms with E-state index in [0.717, 1.165) is 12.3 Å². The summed E-state index contributed by atoms with van der Waals surface area (Å²) in [4.78, 5) is 31.2. The molecule has 7 nitrogen and oxygen atoms in total. The molecule has 4 rings (SSSR count). The molecule has 3 heterocycles. The van der Waals surface area contributed by atoms with Crippen LogP contribution in [0.4, 0.5) is 28.9 Å². The minimum absolute atomic E-state index is 0.00850. The molecule has 0 saturated heterocycles. The zero-order valence-electron chi connectivity index (χ0n) is 17.9. The van der Waals surface area contributed by atoms with E-state index in [9.17, 15) is 27.2 Å². The molecule has 0 unspecified atom stereocenters. The molecule has 2 amide bonds. The molecule has 2 aromatic heterocycles. The monoisotopic (exact) mass is 461 g/mol. The van der Waals surface area contributed by atoms with E-state index in [2.05, 4.69) is 15.4 Å². The molecule has 0 aliphatic carbocycles. The van der Waals surface area contributed by atoms with Crippen molar-refractivity contribution in [1.29, 1.82) is 0 Å². The van der Waals surface area contributed by atoms with Crippen molar-refractivity contribution in [3.05, 3.63) is 70.6 Å². The minimum atomic E-state index is -4.50.